The normalized spacial score (nSPS) is 16.8. The summed E-state index contributed by atoms with van der Waals surface area (Å²) < 4.78 is 16.6. The van der Waals surface area contributed by atoms with Crippen LogP contribution < -0.4 is 0 Å². The monoisotopic (exact) mass is 298 g/mol. The molecule has 0 unspecified atom stereocenters. The quantitative estimate of drug-likeness (QED) is 0.588. The van der Waals surface area contributed by atoms with Gasteiger partial charge in [0.25, 0.3) is 0 Å². The molecule has 0 aromatic carbocycles. The number of hydrogen-bond acceptors (Lipinski definition) is 6. The molecule has 0 bridgehead atoms. The van der Waals surface area contributed by atoms with Gasteiger partial charge in [0.15, 0.2) is 0 Å². The summed E-state index contributed by atoms with van der Waals surface area (Å²) in [5.74, 6) is 2.04. The molecule has 1 N–H and O–H groups in total. The first-order valence-electron chi connectivity index (χ1n) is 6.12. The number of aliphatic hydroxyl groups excluding tert-OH is 1. The van der Waals surface area contributed by atoms with Crippen LogP contribution in [0.4, 0.5) is 0 Å². The van der Waals surface area contributed by atoms with Crippen molar-refractivity contribution >= 4 is 23.5 Å². The first-order chi connectivity index (χ1) is 8.69. The van der Waals surface area contributed by atoms with Crippen molar-refractivity contribution in [3.05, 3.63) is 0 Å². The van der Waals surface area contributed by atoms with Crippen molar-refractivity contribution in [2.45, 2.75) is 36.7 Å². The Bertz CT molecular complexity index is 185. The zero-order valence-corrected chi connectivity index (χ0v) is 13.6. The highest BCUT2D eigenvalue weighted by molar-refractivity contribution is 8.17. The van der Waals surface area contributed by atoms with Crippen LogP contribution in [0.15, 0.2) is 0 Å². The first kappa shape index (κ1) is 18.5. The summed E-state index contributed by atoms with van der Waals surface area (Å²) in [5, 5.41) is 9.34. The van der Waals surface area contributed by atoms with Crippen LogP contribution in [0.2, 0.25) is 0 Å². The molecule has 3 atom stereocenters. The van der Waals surface area contributed by atoms with E-state index in [4.69, 9.17) is 14.2 Å². The van der Waals surface area contributed by atoms with Gasteiger partial charge in [0, 0.05) is 21.3 Å². The zero-order chi connectivity index (χ0) is 14.0. The molecule has 0 fully saturated rings. The van der Waals surface area contributed by atoms with E-state index in [1.165, 1.54) is 0 Å². The summed E-state index contributed by atoms with van der Waals surface area (Å²) in [7, 11) is 4.89. The highest BCUT2D eigenvalue weighted by Crippen LogP contribution is 2.31. The predicted molar refractivity (Wildman–Crippen MR) is 79.5 cm³/mol. The topological polar surface area (TPSA) is 47.9 Å². The second kappa shape index (κ2) is 11.4. The maximum Gasteiger partial charge on any atom is 0.113 e. The molecule has 0 aliphatic heterocycles. The third kappa shape index (κ3) is 5.67. The van der Waals surface area contributed by atoms with Crippen LogP contribution >= 0.6 is 23.5 Å². The fraction of sp³-hybridized carbons (Fsp3) is 1.00. The fourth-order valence-corrected chi connectivity index (χ4v) is 4.55. The molecule has 110 valence electrons. The van der Waals surface area contributed by atoms with Crippen molar-refractivity contribution in [3.63, 3.8) is 0 Å². The highest BCUT2D eigenvalue weighted by Gasteiger charge is 2.35. The summed E-state index contributed by atoms with van der Waals surface area (Å²) in [6, 6.07) is 0. The van der Waals surface area contributed by atoms with E-state index in [1.807, 2.05) is 23.5 Å². The van der Waals surface area contributed by atoms with Crippen LogP contribution in [0.5, 0.6) is 0 Å². The van der Waals surface area contributed by atoms with Gasteiger partial charge in [-0.05, 0) is 11.5 Å². The number of thioether (sulfide) groups is 2. The Kier molecular flexibility index (Phi) is 11.7. The van der Waals surface area contributed by atoms with Gasteiger partial charge in [-0.15, -0.1) is 23.5 Å². The van der Waals surface area contributed by atoms with E-state index in [1.54, 1.807) is 21.3 Å². The molecular weight excluding hydrogens is 272 g/mol. The van der Waals surface area contributed by atoms with Crippen LogP contribution in [-0.4, -0.2) is 67.4 Å². The van der Waals surface area contributed by atoms with E-state index < -0.39 is 0 Å². The van der Waals surface area contributed by atoms with Gasteiger partial charge in [-0.2, -0.15) is 0 Å². The largest absolute Gasteiger partial charge is 0.394 e. The maximum absolute atomic E-state index is 9.34. The van der Waals surface area contributed by atoms with Crippen LogP contribution in [0.3, 0.4) is 0 Å². The van der Waals surface area contributed by atoms with Gasteiger partial charge in [0.2, 0.25) is 0 Å². The van der Waals surface area contributed by atoms with Crippen molar-refractivity contribution in [2.24, 2.45) is 0 Å². The Balaban J connectivity index is 4.83. The number of hydrogen-bond donors (Lipinski definition) is 1. The van der Waals surface area contributed by atoms with Crippen LogP contribution in [0.1, 0.15) is 13.8 Å². The molecule has 0 aliphatic rings. The van der Waals surface area contributed by atoms with Crippen molar-refractivity contribution in [3.8, 4) is 0 Å². The SMILES string of the molecule is CCSC(SCC)[C@H](OC)[C@@H](OC)[C@H](CO)OC. The molecule has 0 heterocycles. The molecule has 0 amide bonds. The molecule has 6 heteroatoms. The summed E-state index contributed by atoms with van der Waals surface area (Å²) in [4.78, 5) is 0. The minimum Gasteiger partial charge on any atom is -0.394 e. The molecule has 0 saturated heterocycles. The second-order valence-corrected chi connectivity index (χ2v) is 6.77. The third-order valence-electron chi connectivity index (χ3n) is 2.65. The molecule has 0 rings (SSSR count). The molecule has 0 aliphatic carbocycles. The van der Waals surface area contributed by atoms with Gasteiger partial charge in [-0.25, -0.2) is 0 Å². The van der Waals surface area contributed by atoms with E-state index in [0.29, 0.717) is 0 Å². The Morgan fingerprint density at radius 1 is 0.889 bits per heavy atom. The second-order valence-electron chi connectivity index (χ2n) is 3.64. The van der Waals surface area contributed by atoms with Crippen molar-refractivity contribution < 1.29 is 19.3 Å². The van der Waals surface area contributed by atoms with Crippen LogP contribution in [0.25, 0.3) is 0 Å². The van der Waals surface area contributed by atoms with Crippen molar-refractivity contribution in [1.82, 2.24) is 0 Å². The predicted octanol–water partition coefficient (Wildman–Crippen LogP) is 1.86. The van der Waals surface area contributed by atoms with Gasteiger partial charge < -0.3 is 19.3 Å². The van der Waals surface area contributed by atoms with E-state index in [-0.39, 0.29) is 29.5 Å². The van der Waals surface area contributed by atoms with Gasteiger partial charge in [0.1, 0.15) is 18.3 Å². The standard InChI is InChI=1S/C12H26O4S2/c1-6-17-12(18-7-2)11(16-5)10(15-4)9(8-13)14-3/h9-13H,6-8H2,1-5H3/t9-,10-,11+/m0/s1. The average molecular weight is 298 g/mol. The lowest BCUT2D eigenvalue weighted by molar-refractivity contribution is -0.115. The molecule has 0 saturated carbocycles. The summed E-state index contributed by atoms with van der Waals surface area (Å²) in [5.41, 5.74) is 0. The summed E-state index contributed by atoms with van der Waals surface area (Å²) in [6.45, 7) is 4.18. The fourth-order valence-electron chi connectivity index (χ4n) is 1.78. The minimum atomic E-state index is -0.364. The smallest absolute Gasteiger partial charge is 0.113 e. The van der Waals surface area contributed by atoms with Crippen molar-refractivity contribution in [1.29, 1.82) is 0 Å². The molecular formula is C12H26O4S2. The van der Waals surface area contributed by atoms with Crippen LogP contribution in [-0.2, 0) is 14.2 Å². The third-order valence-corrected chi connectivity index (χ3v) is 5.32. The molecule has 18 heavy (non-hydrogen) atoms. The Morgan fingerprint density at radius 2 is 1.39 bits per heavy atom. The number of ether oxygens (including phenoxy) is 3. The molecule has 4 nitrogen and oxygen atoms in total. The molecule has 0 aromatic heterocycles. The van der Waals surface area contributed by atoms with Crippen molar-refractivity contribution in [2.75, 3.05) is 39.4 Å². The molecule has 0 radical (unpaired) electrons. The zero-order valence-electron chi connectivity index (χ0n) is 11.9. The summed E-state index contributed by atoms with van der Waals surface area (Å²) >= 11 is 3.67. The maximum atomic E-state index is 9.34. The summed E-state index contributed by atoms with van der Waals surface area (Å²) in [6.07, 6.45) is -0.743. The van der Waals surface area contributed by atoms with E-state index in [9.17, 15) is 5.11 Å². The van der Waals surface area contributed by atoms with Gasteiger partial charge in [0.05, 0.1) is 11.2 Å². The Labute approximate surface area is 119 Å². The lowest BCUT2D eigenvalue weighted by Gasteiger charge is -2.34. The Morgan fingerprint density at radius 3 is 1.67 bits per heavy atom. The van der Waals surface area contributed by atoms with Gasteiger partial charge in [-0.1, -0.05) is 13.8 Å². The number of aliphatic hydroxyl groups is 1. The minimum absolute atomic E-state index is 0.0742. The highest BCUT2D eigenvalue weighted by atomic mass is 32.2. The number of methoxy groups -OCH3 is 3. The first-order valence-corrected chi connectivity index (χ1v) is 8.22. The van der Waals surface area contributed by atoms with E-state index in [2.05, 4.69) is 13.8 Å². The lowest BCUT2D eigenvalue weighted by Crippen LogP contribution is -2.47. The van der Waals surface area contributed by atoms with Gasteiger partial charge >= 0.3 is 0 Å². The lowest BCUT2D eigenvalue weighted by atomic mass is 10.1. The van der Waals surface area contributed by atoms with E-state index in [0.717, 1.165) is 11.5 Å². The molecule has 0 aromatic rings. The number of rotatable bonds is 11. The molecule has 0 spiro atoms. The van der Waals surface area contributed by atoms with E-state index >= 15 is 0 Å². The Hall–Kier alpha value is 0.540. The van der Waals surface area contributed by atoms with Gasteiger partial charge in [-0.3, -0.25) is 0 Å². The van der Waals surface area contributed by atoms with Crippen LogP contribution in [0, 0.1) is 0 Å². The average Bonchev–Trinajstić information content (AvgIpc) is 2.39.